The lowest BCUT2D eigenvalue weighted by atomic mass is 9.90. The molecular formula is C14H22ClN. The van der Waals surface area contributed by atoms with E-state index in [1.165, 1.54) is 17.5 Å². The number of hydrogen-bond donors (Lipinski definition) is 1. The van der Waals surface area contributed by atoms with Crippen molar-refractivity contribution in [1.82, 2.24) is 5.32 Å². The van der Waals surface area contributed by atoms with Crippen LogP contribution in [0.1, 0.15) is 38.3 Å². The molecule has 0 aliphatic heterocycles. The molecule has 0 radical (unpaired) electrons. The molecule has 0 bridgehead atoms. The number of halogens is 1. The summed E-state index contributed by atoms with van der Waals surface area (Å²) < 4.78 is 0. The largest absolute Gasteiger partial charge is 0.312 e. The number of rotatable bonds is 5. The van der Waals surface area contributed by atoms with Crippen LogP contribution in [0.5, 0.6) is 0 Å². The molecule has 0 spiro atoms. The lowest BCUT2D eigenvalue weighted by Crippen LogP contribution is -2.28. The summed E-state index contributed by atoms with van der Waals surface area (Å²) in [6, 6.07) is 6.22. The Hall–Kier alpha value is -0.530. The van der Waals surface area contributed by atoms with Gasteiger partial charge in [-0.05, 0) is 36.0 Å². The fourth-order valence-electron chi connectivity index (χ4n) is 1.46. The number of hydrogen-bond acceptors (Lipinski definition) is 1. The van der Waals surface area contributed by atoms with Gasteiger partial charge in [0.05, 0.1) is 0 Å². The van der Waals surface area contributed by atoms with Gasteiger partial charge in [-0.2, -0.15) is 0 Å². The fraction of sp³-hybridized carbons (Fsp3) is 0.571. The third-order valence-electron chi connectivity index (χ3n) is 3.08. The van der Waals surface area contributed by atoms with E-state index >= 15 is 0 Å². The summed E-state index contributed by atoms with van der Waals surface area (Å²) >= 11 is 6.17. The minimum Gasteiger partial charge on any atom is -0.312 e. The molecule has 0 unspecified atom stereocenters. The van der Waals surface area contributed by atoms with Crippen LogP contribution >= 0.6 is 11.6 Å². The third kappa shape index (κ3) is 4.15. The average Bonchev–Trinajstić information content (AvgIpc) is 2.21. The van der Waals surface area contributed by atoms with Gasteiger partial charge in [0.15, 0.2) is 0 Å². The van der Waals surface area contributed by atoms with E-state index in [0.717, 1.165) is 18.1 Å². The topological polar surface area (TPSA) is 12.0 Å². The van der Waals surface area contributed by atoms with E-state index < -0.39 is 0 Å². The highest BCUT2D eigenvalue weighted by Crippen LogP contribution is 2.20. The number of nitrogens with one attached hydrogen (secondary N) is 1. The fourth-order valence-corrected chi connectivity index (χ4v) is 1.76. The molecule has 1 nitrogen and oxygen atoms in total. The summed E-state index contributed by atoms with van der Waals surface area (Å²) in [5.41, 5.74) is 2.75. The van der Waals surface area contributed by atoms with Gasteiger partial charge < -0.3 is 5.32 Å². The van der Waals surface area contributed by atoms with Crippen molar-refractivity contribution in [1.29, 1.82) is 0 Å². The van der Waals surface area contributed by atoms with Gasteiger partial charge in [0.25, 0.3) is 0 Å². The van der Waals surface area contributed by atoms with Gasteiger partial charge >= 0.3 is 0 Å². The van der Waals surface area contributed by atoms with Gasteiger partial charge in [0.2, 0.25) is 0 Å². The maximum absolute atomic E-state index is 6.17. The minimum absolute atomic E-state index is 0.358. The van der Waals surface area contributed by atoms with E-state index in [0.29, 0.717) is 5.41 Å². The second-order valence-corrected chi connectivity index (χ2v) is 5.62. The van der Waals surface area contributed by atoms with Crippen LogP contribution in [-0.2, 0) is 6.54 Å². The quantitative estimate of drug-likeness (QED) is 0.813. The van der Waals surface area contributed by atoms with E-state index in [1.54, 1.807) is 0 Å². The van der Waals surface area contributed by atoms with Crippen molar-refractivity contribution in [3.63, 3.8) is 0 Å². The highest BCUT2D eigenvalue weighted by Gasteiger charge is 2.14. The molecule has 1 N–H and O–H groups in total. The van der Waals surface area contributed by atoms with Crippen LogP contribution in [0.15, 0.2) is 18.2 Å². The maximum atomic E-state index is 6.17. The van der Waals surface area contributed by atoms with Crippen molar-refractivity contribution in [2.45, 2.75) is 40.7 Å². The first-order valence-corrected chi connectivity index (χ1v) is 6.28. The molecule has 1 rings (SSSR count). The molecule has 0 heterocycles. The molecule has 1 aromatic carbocycles. The lowest BCUT2D eigenvalue weighted by molar-refractivity contribution is 0.327. The zero-order chi connectivity index (χ0) is 12.2. The van der Waals surface area contributed by atoms with E-state index in [9.17, 15) is 0 Å². The summed E-state index contributed by atoms with van der Waals surface area (Å²) in [5, 5.41) is 4.33. The van der Waals surface area contributed by atoms with E-state index in [2.05, 4.69) is 45.1 Å². The molecule has 0 aliphatic rings. The Bertz CT molecular complexity index is 345. The van der Waals surface area contributed by atoms with Crippen LogP contribution in [0.4, 0.5) is 0 Å². The normalized spacial score (nSPS) is 11.8. The number of aryl methyl sites for hydroxylation is 1. The molecule has 0 saturated heterocycles. The predicted octanol–water partition coefficient (Wildman–Crippen LogP) is 4.17. The Morgan fingerprint density at radius 3 is 2.56 bits per heavy atom. The Kier molecular flexibility index (Phi) is 4.82. The summed E-state index contributed by atoms with van der Waals surface area (Å²) in [7, 11) is 0. The average molecular weight is 240 g/mol. The Labute approximate surface area is 104 Å². The molecular weight excluding hydrogens is 218 g/mol. The van der Waals surface area contributed by atoms with Gasteiger partial charge in [0.1, 0.15) is 0 Å². The SMILES string of the molecule is CCC(C)(C)CNCc1ccc(C)cc1Cl. The molecule has 2 heteroatoms. The zero-order valence-electron chi connectivity index (χ0n) is 10.7. The zero-order valence-corrected chi connectivity index (χ0v) is 11.5. The second-order valence-electron chi connectivity index (χ2n) is 5.22. The minimum atomic E-state index is 0.358. The van der Waals surface area contributed by atoms with Gasteiger partial charge in [0, 0.05) is 18.1 Å². The smallest absolute Gasteiger partial charge is 0.0453 e. The van der Waals surface area contributed by atoms with E-state index in [-0.39, 0.29) is 0 Å². The molecule has 90 valence electrons. The maximum Gasteiger partial charge on any atom is 0.0453 e. The second kappa shape index (κ2) is 5.70. The van der Waals surface area contributed by atoms with Crippen molar-refractivity contribution in [2.75, 3.05) is 6.54 Å². The summed E-state index contributed by atoms with van der Waals surface area (Å²) in [6.45, 7) is 10.7. The first-order chi connectivity index (χ1) is 7.44. The van der Waals surface area contributed by atoms with E-state index in [1.807, 2.05) is 6.07 Å². The highest BCUT2D eigenvalue weighted by atomic mass is 35.5. The predicted molar refractivity (Wildman–Crippen MR) is 72.0 cm³/mol. The Balaban J connectivity index is 2.49. The molecule has 16 heavy (non-hydrogen) atoms. The Morgan fingerprint density at radius 1 is 1.31 bits per heavy atom. The summed E-state index contributed by atoms with van der Waals surface area (Å²) in [4.78, 5) is 0. The van der Waals surface area contributed by atoms with Gasteiger partial charge in [-0.3, -0.25) is 0 Å². The molecule has 0 fully saturated rings. The summed E-state index contributed by atoms with van der Waals surface area (Å²) in [6.07, 6.45) is 1.18. The molecule has 0 aliphatic carbocycles. The lowest BCUT2D eigenvalue weighted by Gasteiger charge is -2.23. The van der Waals surface area contributed by atoms with Crippen LogP contribution < -0.4 is 5.32 Å². The first kappa shape index (κ1) is 13.5. The van der Waals surface area contributed by atoms with Crippen LogP contribution in [0.25, 0.3) is 0 Å². The standard InChI is InChI=1S/C14H22ClN/c1-5-14(3,4)10-16-9-12-7-6-11(2)8-13(12)15/h6-8,16H,5,9-10H2,1-4H3. The van der Waals surface area contributed by atoms with Crippen LogP contribution in [-0.4, -0.2) is 6.54 Å². The Morgan fingerprint density at radius 2 is 2.00 bits per heavy atom. The van der Waals surface area contributed by atoms with Gasteiger partial charge in [-0.1, -0.05) is 44.5 Å². The van der Waals surface area contributed by atoms with Crippen molar-refractivity contribution in [2.24, 2.45) is 5.41 Å². The third-order valence-corrected chi connectivity index (χ3v) is 3.44. The van der Waals surface area contributed by atoms with Crippen molar-refractivity contribution >= 4 is 11.6 Å². The van der Waals surface area contributed by atoms with Crippen molar-refractivity contribution < 1.29 is 0 Å². The molecule has 1 aromatic rings. The van der Waals surface area contributed by atoms with Crippen LogP contribution in [0.3, 0.4) is 0 Å². The number of benzene rings is 1. The van der Waals surface area contributed by atoms with Crippen molar-refractivity contribution in [3.8, 4) is 0 Å². The van der Waals surface area contributed by atoms with Crippen molar-refractivity contribution in [3.05, 3.63) is 34.3 Å². The van der Waals surface area contributed by atoms with Crippen LogP contribution in [0, 0.1) is 12.3 Å². The first-order valence-electron chi connectivity index (χ1n) is 5.90. The molecule has 0 amide bonds. The monoisotopic (exact) mass is 239 g/mol. The van der Waals surface area contributed by atoms with E-state index in [4.69, 9.17) is 11.6 Å². The van der Waals surface area contributed by atoms with Gasteiger partial charge in [-0.15, -0.1) is 0 Å². The highest BCUT2D eigenvalue weighted by molar-refractivity contribution is 6.31. The molecule has 0 saturated carbocycles. The van der Waals surface area contributed by atoms with Crippen LogP contribution in [0.2, 0.25) is 5.02 Å². The molecule has 0 atom stereocenters. The van der Waals surface area contributed by atoms with Gasteiger partial charge in [-0.25, -0.2) is 0 Å². The summed E-state index contributed by atoms with van der Waals surface area (Å²) in [5.74, 6) is 0. The molecule has 0 aromatic heterocycles.